The maximum Gasteiger partial charge on any atom is 0.319 e. The molecule has 2 rings (SSSR count). The number of carbonyl (C=O) groups is 2. The van der Waals surface area contributed by atoms with Gasteiger partial charge in [-0.05, 0) is 62.0 Å². The lowest BCUT2D eigenvalue weighted by Crippen LogP contribution is -2.34. The van der Waals surface area contributed by atoms with Crippen molar-refractivity contribution in [2.24, 2.45) is 11.8 Å². The summed E-state index contributed by atoms with van der Waals surface area (Å²) in [7, 11) is 0. The van der Waals surface area contributed by atoms with Gasteiger partial charge < -0.3 is 21.3 Å². The minimum Gasteiger partial charge on any atom is -0.334 e. The molecule has 4 N–H and O–H groups in total. The highest BCUT2D eigenvalue weighted by Crippen LogP contribution is 2.23. The van der Waals surface area contributed by atoms with Crippen molar-refractivity contribution in [2.75, 3.05) is 30.3 Å². The predicted molar refractivity (Wildman–Crippen MR) is 109 cm³/mol. The Hall–Kier alpha value is -2.05. The first-order valence-electron chi connectivity index (χ1n) is 8.85. The first-order valence-corrected chi connectivity index (χ1v) is 8.85. The Kier molecular flexibility index (Phi) is 9.76. The Morgan fingerprint density at radius 1 is 1.27 bits per heavy atom. The van der Waals surface area contributed by atoms with E-state index in [0.29, 0.717) is 30.5 Å². The second kappa shape index (κ2) is 11.5. The molecule has 1 aromatic rings. The van der Waals surface area contributed by atoms with Crippen LogP contribution in [0.5, 0.6) is 0 Å². The number of anilines is 2. The van der Waals surface area contributed by atoms with Gasteiger partial charge in [0.05, 0.1) is 0 Å². The number of hydrogen-bond donors (Lipinski definition) is 4. The molecule has 144 valence electrons. The number of rotatable bonds is 7. The van der Waals surface area contributed by atoms with Crippen LogP contribution in [0, 0.1) is 11.8 Å². The normalized spacial score (nSPS) is 17.3. The minimum atomic E-state index is -0.286. The van der Waals surface area contributed by atoms with Crippen LogP contribution >= 0.6 is 12.4 Å². The number of carbonyl (C=O) groups excluding carboxylic acids is 2. The standard InChI is InChI=1S/C19H28N4O2.ClH/c1-3-10-21-19(25)23-17-8-6-16(7-9-17)22-18(24)12-14(2)15-5-4-11-20-13-15;/h3,6-9,14-15,20H,1,4-5,10-13H2,2H3,(H,22,24)(H2,21,23,25);1H. The van der Waals surface area contributed by atoms with Crippen LogP contribution in [0.15, 0.2) is 36.9 Å². The van der Waals surface area contributed by atoms with Gasteiger partial charge in [0.2, 0.25) is 5.91 Å². The molecule has 0 spiro atoms. The van der Waals surface area contributed by atoms with Gasteiger partial charge in [-0.15, -0.1) is 19.0 Å². The molecule has 1 saturated heterocycles. The highest BCUT2D eigenvalue weighted by atomic mass is 35.5. The average Bonchev–Trinajstić information content (AvgIpc) is 2.62. The lowest BCUT2D eigenvalue weighted by Gasteiger charge is -2.28. The fourth-order valence-electron chi connectivity index (χ4n) is 3.01. The van der Waals surface area contributed by atoms with Crippen LogP contribution < -0.4 is 21.3 Å². The van der Waals surface area contributed by atoms with Crippen molar-refractivity contribution >= 4 is 35.7 Å². The third-order valence-corrected chi connectivity index (χ3v) is 4.48. The molecule has 0 saturated carbocycles. The third kappa shape index (κ3) is 7.45. The smallest absolute Gasteiger partial charge is 0.319 e. The summed E-state index contributed by atoms with van der Waals surface area (Å²) in [6.45, 7) is 8.19. The zero-order valence-electron chi connectivity index (χ0n) is 15.2. The fraction of sp³-hybridized carbons (Fsp3) is 0.474. The van der Waals surface area contributed by atoms with E-state index >= 15 is 0 Å². The molecule has 6 nitrogen and oxygen atoms in total. The van der Waals surface area contributed by atoms with Gasteiger partial charge in [0.1, 0.15) is 0 Å². The summed E-state index contributed by atoms with van der Waals surface area (Å²) in [5, 5.41) is 11.7. The molecule has 7 heteroatoms. The molecule has 2 atom stereocenters. The number of piperidine rings is 1. The molecule has 1 aromatic carbocycles. The molecule has 0 radical (unpaired) electrons. The molecule has 1 heterocycles. The maximum atomic E-state index is 12.2. The summed E-state index contributed by atoms with van der Waals surface area (Å²) in [6, 6.07) is 6.81. The lowest BCUT2D eigenvalue weighted by atomic mass is 9.85. The SMILES string of the molecule is C=CCNC(=O)Nc1ccc(NC(=O)CC(C)C2CCCNC2)cc1.Cl. The predicted octanol–water partition coefficient (Wildman–Crippen LogP) is 3.38. The Bertz CT molecular complexity index is 586. The van der Waals surface area contributed by atoms with E-state index in [2.05, 4.69) is 34.8 Å². The van der Waals surface area contributed by atoms with Crippen LogP contribution in [-0.2, 0) is 4.79 Å². The van der Waals surface area contributed by atoms with Gasteiger partial charge >= 0.3 is 6.03 Å². The summed E-state index contributed by atoms with van der Waals surface area (Å²) in [5.74, 6) is 0.963. The molecule has 3 amide bonds. The Morgan fingerprint density at radius 3 is 2.50 bits per heavy atom. The van der Waals surface area contributed by atoms with Crippen LogP contribution in [0.3, 0.4) is 0 Å². The molecular formula is C19H29ClN4O2. The topological polar surface area (TPSA) is 82.3 Å². The third-order valence-electron chi connectivity index (χ3n) is 4.48. The van der Waals surface area contributed by atoms with Gasteiger partial charge in [-0.3, -0.25) is 4.79 Å². The van der Waals surface area contributed by atoms with Gasteiger partial charge in [0.25, 0.3) is 0 Å². The van der Waals surface area contributed by atoms with Crippen LogP contribution in [0.4, 0.5) is 16.2 Å². The van der Waals surface area contributed by atoms with Crippen LogP contribution in [-0.4, -0.2) is 31.6 Å². The Labute approximate surface area is 161 Å². The van der Waals surface area contributed by atoms with E-state index in [4.69, 9.17) is 0 Å². The van der Waals surface area contributed by atoms with Crippen molar-refractivity contribution < 1.29 is 9.59 Å². The van der Waals surface area contributed by atoms with E-state index in [1.165, 1.54) is 12.8 Å². The first kappa shape index (κ1) is 22.0. The molecule has 0 aliphatic carbocycles. The van der Waals surface area contributed by atoms with E-state index in [0.717, 1.165) is 18.8 Å². The highest BCUT2D eigenvalue weighted by Gasteiger charge is 2.22. The molecule has 1 aliphatic rings. The number of nitrogens with one attached hydrogen (secondary N) is 4. The van der Waals surface area contributed by atoms with Crippen molar-refractivity contribution in [3.05, 3.63) is 36.9 Å². The second-order valence-corrected chi connectivity index (χ2v) is 6.54. The molecule has 1 fully saturated rings. The molecular weight excluding hydrogens is 352 g/mol. The van der Waals surface area contributed by atoms with Gasteiger partial charge in [-0.25, -0.2) is 4.79 Å². The monoisotopic (exact) mass is 380 g/mol. The lowest BCUT2D eigenvalue weighted by molar-refractivity contribution is -0.117. The van der Waals surface area contributed by atoms with E-state index in [1.807, 2.05) is 0 Å². The number of amides is 3. The second-order valence-electron chi connectivity index (χ2n) is 6.54. The Morgan fingerprint density at radius 2 is 1.92 bits per heavy atom. The number of hydrogen-bond acceptors (Lipinski definition) is 3. The minimum absolute atomic E-state index is 0. The van der Waals surface area contributed by atoms with Crippen LogP contribution in [0.25, 0.3) is 0 Å². The van der Waals surface area contributed by atoms with E-state index in [-0.39, 0.29) is 24.3 Å². The summed E-state index contributed by atoms with van der Waals surface area (Å²) >= 11 is 0. The summed E-state index contributed by atoms with van der Waals surface area (Å²) in [4.78, 5) is 23.8. The largest absolute Gasteiger partial charge is 0.334 e. The summed E-state index contributed by atoms with van der Waals surface area (Å²) < 4.78 is 0. The number of urea groups is 1. The molecule has 0 bridgehead atoms. The zero-order valence-corrected chi connectivity index (χ0v) is 16.0. The van der Waals surface area contributed by atoms with Crippen molar-refractivity contribution in [3.63, 3.8) is 0 Å². The molecule has 0 aromatic heterocycles. The summed E-state index contributed by atoms with van der Waals surface area (Å²) in [5.41, 5.74) is 1.40. The van der Waals surface area contributed by atoms with Crippen molar-refractivity contribution in [2.45, 2.75) is 26.2 Å². The van der Waals surface area contributed by atoms with Gasteiger partial charge in [0.15, 0.2) is 0 Å². The van der Waals surface area contributed by atoms with Crippen molar-refractivity contribution in [1.82, 2.24) is 10.6 Å². The van der Waals surface area contributed by atoms with E-state index < -0.39 is 0 Å². The van der Waals surface area contributed by atoms with Gasteiger partial charge in [-0.1, -0.05) is 13.0 Å². The molecule has 1 aliphatic heterocycles. The van der Waals surface area contributed by atoms with Gasteiger partial charge in [-0.2, -0.15) is 0 Å². The maximum absolute atomic E-state index is 12.2. The summed E-state index contributed by atoms with van der Waals surface area (Å²) in [6.07, 6.45) is 4.51. The Balaban J connectivity index is 0.00000338. The molecule has 2 unspecified atom stereocenters. The molecule has 26 heavy (non-hydrogen) atoms. The quantitative estimate of drug-likeness (QED) is 0.547. The van der Waals surface area contributed by atoms with E-state index in [1.54, 1.807) is 30.3 Å². The van der Waals surface area contributed by atoms with Crippen LogP contribution in [0.1, 0.15) is 26.2 Å². The van der Waals surface area contributed by atoms with Crippen molar-refractivity contribution in [1.29, 1.82) is 0 Å². The number of benzene rings is 1. The van der Waals surface area contributed by atoms with Gasteiger partial charge in [0, 0.05) is 24.3 Å². The van der Waals surface area contributed by atoms with Crippen LogP contribution in [0.2, 0.25) is 0 Å². The van der Waals surface area contributed by atoms with Crippen molar-refractivity contribution in [3.8, 4) is 0 Å². The zero-order chi connectivity index (χ0) is 18.1. The van der Waals surface area contributed by atoms with E-state index in [9.17, 15) is 9.59 Å². The highest BCUT2D eigenvalue weighted by molar-refractivity contribution is 5.92. The average molecular weight is 381 g/mol. The fourth-order valence-corrected chi connectivity index (χ4v) is 3.01. The first-order chi connectivity index (χ1) is 12.1. The number of halogens is 1.